The number of hydrogen-bond donors (Lipinski definition) is 1. The average molecular weight is 550 g/mol. The van der Waals surface area contributed by atoms with Crippen LogP contribution in [0.4, 0.5) is 4.39 Å². The summed E-state index contributed by atoms with van der Waals surface area (Å²) in [6.07, 6.45) is 5.52. The van der Waals surface area contributed by atoms with E-state index >= 15 is 4.39 Å². The molecule has 3 heterocycles. The molecule has 0 aliphatic carbocycles. The van der Waals surface area contributed by atoms with Crippen LogP contribution < -0.4 is 9.47 Å². The van der Waals surface area contributed by atoms with E-state index in [4.69, 9.17) is 9.47 Å². The van der Waals surface area contributed by atoms with Crippen molar-refractivity contribution in [2.24, 2.45) is 0 Å². The molecule has 39 heavy (non-hydrogen) atoms. The minimum Gasteiger partial charge on any atom is -0.505 e. The van der Waals surface area contributed by atoms with Crippen molar-refractivity contribution in [2.45, 2.75) is 55.7 Å². The van der Waals surface area contributed by atoms with Crippen LogP contribution >= 0.6 is 0 Å². The molecule has 204 valence electrons. The summed E-state index contributed by atoms with van der Waals surface area (Å²) in [7, 11) is -3.46. The summed E-state index contributed by atoms with van der Waals surface area (Å²) in [5, 5.41) is 10.0. The van der Waals surface area contributed by atoms with Crippen molar-refractivity contribution in [3.63, 3.8) is 0 Å². The number of ether oxygens (including phenoxy) is 2. The van der Waals surface area contributed by atoms with Crippen LogP contribution in [0.1, 0.15) is 55.4 Å². The van der Waals surface area contributed by atoms with Gasteiger partial charge in [0.15, 0.2) is 21.4 Å². The molecule has 6 rings (SSSR count). The van der Waals surface area contributed by atoms with E-state index in [-0.39, 0.29) is 10.5 Å². The fraction of sp³-hybridized carbons (Fsp3) is 0.355. The summed E-state index contributed by atoms with van der Waals surface area (Å²) >= 11 is 0. The molecule has 2 fully saturated rings. The molecular formula is C31H32FNO5S. The van der Waals surface area contributed by atoms with Gasteiger partial charge in [0.2, 0.25) is 0 Å². The first-order chi connectivity index (χ1) is 18.7. The number of sulfone groups is 1. The number of halogens is 1. The Labute approximate surface area is 228 Å². The monoisotopic (exact) mass is 549 g/mol. The molecule has 2 unspecified atom stereocenters. The SMILES string of the molecule is CC1=C(c2cccc(S(C)(=O)=O)c2)C(c2ccc(OC[C@@H]3CCC4CCCN43)cc2)Oc2ccc(O)c(F)c21. The Bertz CT molecular complexity index is 1550. The molecule has 8 heteroatoms. The maximum absolute atomic E-state index is 15.1. The Morgan fingerprint density at radius 1 is 1.08 bits per heavy atom. The lowest BCUT2D eigenvalue weighted by Crippen LogP contribution is -2.35. The van der Waals surface area contributed by atoms with Crippen molar-refractivity contribution in [1.29, 1.82) is 0 Å². The lowest BCUT2D eigenvalue weighted by Gasteiger charge is -2.31. The molecule has 0 spiro atoms. The number of benzene rings is 3. The van der Waals surface area contributed by atoms with E-state index in [1.165, 1.54) is 37.8 Å². The van der Waals surface area contributed by atoms with Crippen molar-refractivity contribution in [2.75, 3.05) is 19.4 Å². The third-order valence-corrected chi connectivity index (χ3v) is 9.40. The molecule has 1 N–H and O–H groups in total. The Kier molecular flexibility index (Phi) is 6.63. The number of phenols is 1. The highest BCUT2D eigenvalue weighted by molar-refractivity contribution is 7.90. The van der Waals surface area contributed by atoms with Crippen LogP contribution in [-0.4, -0.2) is 49.9 Å². The molecule has 3 aliphatic rings. The lowest BCUT2D eigenvalue weighted by atomic mass is 9.86. The van der Waals surface area contributed by atoms with Gasteiger partial charge in [-0.05, 0) is 92.2 Å². The quantitative estimate of drug-likeness (QED) is 0.406. The topological polar surface area (TPSA) is 76.1 Å². The van der Waals surface area contributed by atoms with E-state index in [0.29, 0.717) is 41.1 Å². The van der Waals surface area contributed by atoms with Crippen molar-refractivity contribution >= 4 is 21.0 Å². The van der Waals surface area contributed by atoms with E-state index < -0.39 is 27.5 Å². The molecule has 3 atom stereocenters. The molecule has 3 aromatic rings. The van der Waals surface area contributed by atoms with Gasteiger partial charge in [-0.2, -0.15) is 0 Å². The molecule has 0 radical (unpaired) electrons. The number of nitrogens with zero attached hydrogens (tertiary/aromatic N) is 1. The minimum atomic E-state index is -3.46. The Balaban J connectivity index is 1.33. The van der Waals surface area contributed by atoms with Crippen molar-refractivity contribution in [3.8, 4) is 17.2 Å². The largest absolute Gasteiger partial charge is 0.505 e. The van der Waals surface area contributed by atoms with Crippen LogP contribution in [0, 0.1) is 5.82 Å². The van der Waals surface area contributed by atoms with Crippen LogP contribution in [0.3, 0.4) is 0 Å². The van der Waals surface area contributed by atoms with Crippen LogP contribution in [0.25, 0.3) is 11.1 Å². The highest BCUT2D eigenvalue weighted by Crippen LogP contribution is 2.49. The van der Waals surface area contributed by atoms with Gasteiger partial charge in [0.05, 0.1) is 10.5 Å². The highest BCUT2D eigenvalue weighted by Gasteiger charge is 2.37. The van der Waals surface area contributed by atoms with E-state index in [1.807, 2.05) is 24.3 Å². The second-order valence-corrected chi connectivity index (χ2v) is 12.8. The predicted octanol–water partition coefficient (Wildman–Crippen LogP) is 6.00. The maximum atomic E-state index is 15.1. The average Bonchev–Trinajstić information content (AvgIpc) is 3.54. The van der Waals surface area contributed by atoms with Gasteiger partial charge < -0.3 is 14.6 Å². The Morgan fingerprint density at radius 2 is 1.87 bits per heavy atom. The molecule has 0 aromatic heterocycles. The Morgan fingerprint density at radius 3 is 2.64 bits per heavy atom. The standard InChI is InChI=1S/C31H32FNO5S/c1-19-28(21-5-3-7-25(17-21)39(2,35)36)31(38-27-15-14-26(34)30(32)29(19)27)20-8-12-24(13-9-20)37-18-23-11-10-22-6-4-16-33(22)23/h3,5,7-9,12-15,17,22-23,31,34H,4,6,10-11,16,18H2,1-2H3/t22?,23-,31?/m0/s1. The Hall–Kier alpha value is -3.36. The third-order valence-electron chi connectivity index (χ3n) is 8.29. The zero-order valence-electron chi connectivity index (χ0n) is 22.1. The van der Waals surface area contributed by atoms with E-state index in [9.17, 15) is 13.5 Å². The van der Waals surface area contributed by atoms with Crippen LogP contribution in [-0.2, 0) is 9.84 Å². The molecule has 6 nitrogen and oxygen atoms in total. The number of rotatable bonds is 6. The summed E-state index contributed by atoms with van der Waals surface area (Å²) in [5.41, 5.74) is 2.80. The number of hydrogen-bond acceptors (Lipinski definition) is 6. The first kappa shape index (κ1) is 25.9. The summed E-state index contributed by atoms with van der Waals surface area (Å²) in [5.74, 6) is -0.146. The van der Waals surface area contributed by atoms with Gasteiger partial charge in [-0.3, -0.25) is 4.90 Å². The van der Waals surface area contributed by atoms with Gasteiger partial charge in [-0.25, -0.2) is 12.8 Å². The number of aromatic hydroxyl groups is 1. The van der Waals surface area contributed by atoms with Gasteiger partial charge in [-0.15, -0.1) is 0 Å². The first-order valence-corrected chi connectivity index (χ1v) is 15.3. The molecular weight excluding hydrogens is 517 g/mol. The number of phenolic OH excluding ortho intramolecular Hbond substituents is 1. The number of fused-ring (bicyclic) bond motifs is 2. The van der Waals surface area contributed by atoms with Crippen molar-refractivity contribution in [1.82, 2.24) is 4.90 Å². The molecule has 0 saturated carbocycles. The van der Waals surface area contributed by atoms with E-state index in [0.717, 1.165) is 24.1 Å². The lowest BCUT2D eigenvalue weighted by molar-refractivity contribution is 0.169. The third kappa shape index (κ3) is 4.80. The normalized spacial score (nSPS) is 22.9. The molecule has 3 aliphatic heterocycles. The van der Waals surface area contributed by atoms with Crippen LogP contribution in [0.5, 0.6) is 17.2 Å². The summed E-state index contributed by atoms with van der Waals surface area (Å²) in [4.78, 5) is 2.75. The summed E-state index contributed by atoms with van der Waals surface area (Å²) in [6, 6.07) is 18.3. The second-order valence-electron chi connectivity index (χ2n) is 10.8. The fourth-order valence-corrected chi connectivity index (χ4v) is 6.99. The second kappa shape index (κ2) is 9.99. The van der Waals surface area contributed by atoms with Crippen LogP contribution in [0.15, 0.2) is 65.6 Å². The fourth-order valence-electron chi connectivity index (χ4n) is 6.32. The van der Waals surface area contributed by atoms with Crippen molar-refractivity contribution in [3.05, 3.63) is 83.2 Å². The van der Waals surface area contributed by atoms with Gasteiger partial charge >= 0.3 is 0 Å². The molecule has 0 bridgehead atoms. The highest BCUT2D eigenvalue weighted by atomic mass is 32.2. The van der Waals surface area contributed by atoms with Gasteiger partial charge in [0, 0.05) is 23.9 Å². The smallest absolute Gasteiger partial charge is 0.176 e. The van der Waals surface area contributed by atoms with Gasteiger partial charge in [0.1, 0.15) is 24.2 Å². The zero-order chi connectivity index (χ0) is 27.3. The summed E-state index contributed by atoms with van der Waals surface area (Å²) < 4.78 is 52.2. The first-order valence-electron chi connectivity index (χ1n) is 13.4. The molecule has 2 saturated heterocycles. The van der Waals surface area contributed by atoms with Crippen LogP contribution in [0.2, 0.25) is 0 Å². The van der Waals surface area contributed by atoms with E-state index in [1.54, 1.807) is 31.2 Å². The zero-order valence-corrected chi connectivity index (χ0v) is 22.9. The minimum absolute atomic E-state index is 0.164. The number of allylic oxidation sites excluding steroid dienone is 1. The van der Waals surface area contributed by atoms with E-state index in [2.05, 4.69) is 4.90 Å². The van der Waals surface area contributed by atoms with Crippen molar-refractivity contribution < 1.29 is 27.4 Å². The predicted molar refractivity (Wildman–Crippen MR) is 148 cm³/mol. The summed E-state index contributed by atoms with van der Waals surface area (Å²) in [6.45, 7) is 3.59. The molecule has 3 aromatic carbocycles. The maximum Gasteiger partial charge on any atom is 0.176 e. The van der Waals surface area contributed by atoms with Gasteiger partial charge in [-0.1, -0.05) is 24.3 Å². The molecule has 0 amide bonds. The van der Waals surface area contributed by atoms with Gasteiger partial charge in [0.25, 0.3) is 0 Å².